The summed E-state index contributed by atoms with van der Waals surface area (Å²) >= 11 is 5.08. The normalized spacial score (nSPS) is 11.4. The summed E-state index contributed by atoms with van der Waals surface area (Å²) in [5, 5.41) is 8.20. The van der Waals surface area contributed by atoms with E-state index in [1.165, 1.54) is 6.08 Å². The second-order valence-electron chi connectivity index (χ2n) is 3.08. The Balaban J connectivity index is 4.15. The molecule has 3 heteroatoms. The van der Waals surface area contributed by atoms with Crippen molar-refractivity contribution in [2.24, 2.45) is 0 Å². The molecule has 0 aliphatic rings. The molecule has 0 aromatic carbocycles. The van der Waals surface area contributed by atoms with Crippen molar-refractivity contribution in [1.82, 2.24) is 0 Å². The van der Waals surface area contributed by atoms with E-state index < -0.39 is 8.07 Å². The lowest BCUT2D eigenvalue weighted by atomic mass is 10.6. The van der Waals surface area contributed by atoms with Gasteiger partial charge in [0.25, 0.3) is 0 Å². The zero-order chi connectivity index (χ0) is 8.20. The monoisotopic (exact) mass is 169 g/mol. The highest BCUT2D eigenvalue weighted by molar-refractivity contribution is 7.85. The minimum absolute atomic E-state index is 0.953. The highest BCUT2D eigenvalue weighted by Crippen LogP contribution is 2.04. The van der Waals surface area contributed by atoms with Crippen LogP contribution in [0.2, 0.25) is 19.6 Å². The van der Waals surface area contributed by atoms with Crippen LogP contribution in [0.5, 0.6) is 0 Å². The van der Waals surface area contributed by atoms with Crippen LogP contribution in [0.4, 0.5) is 0 Å². The number of allylic oxidation sites excluding steroid dienone is 2. The summed E-state index contributed by atoms with van der Waals surface area (Å²) in [5.74, 6) is 0. The summed E-state index contributed by atoms with van der Waals surface area (Å²) in [6.07, 6.45) is 3.18. The lowest BCUT2D eigenvalue weighted by molar-refractivity contribution is 1.54. The Kier molecular flexibility index (Phi) is 3.47. The number of hydrogen-bond donors (Lipinski definition) is 0. The lowest BCUT2D eigenvalue weighted by Gasteiger charge is -2.12. The topological polar surface area (TPSA) is 23.8 Å². The summed E-state index contributed by atoms with van der Waals surface area (Å²) in [6.45, 7) is 6.49. The van der Waals surface area contributed by atoms with E-state index in [1.807, 2.05) is 6.07 Å². The van der Waals surface area contributed by atoms with E-state index in [0.717, 1.165) is 4.49 Å². The predicted octanol–water partition coefficient (Wildman–Crippen LogP) is 2.31. The Morgan fingerprint density at radius 3 is 2.30 bits per heavy atom. The Morgan fingerprint density at radius 1 is 1.50 bits per heavy atom. The molecule has 0 spiro atoms. The van der Waals surface area contributed by atoms with Gasteiger partial charge in [0.2, 0.25) is 0 Å². The second-order valence-corrected chi connectivity index (χ2v) is 8.92. The SMILES string of the molecule is C[Si](C)(C)C(=S)/C=C/C#N. The zero-order valence-corrected chi connectivity index (χ0v) is 8.33. The van der Waals surface area contributed by atoms with Crippen LogP contribution in [0.1, 0.15) is 0 Å². The molecule has 0 aromatic rings. The van der Waals surface area contributed by atoms with E-state index >= 15 is 0 Å². The molecule has 0 atom stereocenters. The van der Waals surface area contributed by atoms with Gasteiger partial charge < -0.3 is 0 Å². The molecule has 0 saturated carbocycles. The summed E-state index contributed by atoms with van der Waals surface area (Å²) in [7, 11) is -1.30. The third-order valence-electron chi connectivity index (χ3n) is 1.05. The fourth-order valence-corrected chi connectivity index (χ4v) is 1.01. The number of hydrogen-bond acceptors (Lipinski definition) is 2. The Morgan fingerprint density at radius 2 is 2.00 bits per heavy atom. The average Bonchev–Trinajstić information content (AvgIpc) is 1.80. The number of thiocarbonyl (C=S) groups is 1. The smallest absolute Gasteiger partial charge is 0.0915 e. The first-order valence-corrected chi connectivity index (χ1v) is 7.00. The van der Waals surface area contributed by atoms with Gasteiger partial charge in [-0.2, -0.15) is 5.26 Å². The van der Waals surface area contributed by atoms with E-state index in [9.17, 15) is 0 Å². The van der Waals surface area contributed by atoms with E-state index in [-0.39, 0.29) is 0 Å². The summed E-state index contributed by atoms with van der Waals surface area (Å²) in [5.41, 5.74) is 0. The minimum Gasteiger partial charge on any atom is -0.193 e. The molecule has 0 rings (SSSR count). The van der Waals surface area contributed by atoms with Crippen molar-refractivity contribution in [3.8, 4) is 6.07 Å². The van der Waals surface area contributed by atoms with Crippen molar-refractivity contribution in [1.29, 1.82) is 5.26 Å². The first kappa shape index (κ1) is 9.54. The molecule has 0 N–H and O–H groups in total. The first-order chi connectivity index (χ1) is 4.48. The van der Waals surface area contributed by atoms with Crippen LogP contribution in [0.15, 0.2) is 12.2 Å². The Labute approximate surface area is 68.4 Å². The summed E-state index contributed by atoms with van der Waals surface area (Å²) in [6, 6.07) is 1.92. The molecule has 0 heterocycles. The first-order valence-electron chi connectivity index (χ1n) is 3.09. The third kappa shape index (κ3) is 3.54. The molecular weight excluding hydrogens is 158 g/mol. The van der Waals surface area contributed by atoms with Crippen LogP contribution in [0.3, 0.4) is 0 Å². The van der Waals surface area contributed by atoms with E-state index in [1.54, 1.807) is 6.08 Å². The Bertz CT molecular complexity index is 195. The molecule has 0 amide bonds. The van der Waals surface area contributed by atoms with Crippen molar-refractivity contribution >= 4 is 24.8 Å². The van der Waals surface area contributed by atoms with Crippen LogP contribution in [-0.4, -0.2) is 12.6 Å². The maximum Gasteiger partial charge on any atom is 0.0915 e. The fraction of sp³-hybridized carbons (Fsp3) is 0.429. The quantitative estimate of drug-likeness (QED) is 0.274. The average molecular weight is 169 g/mol. The number of nitriles is 1. The van der Waals surface area contributed by atoms with Crippen LogP contribution in [0.25, 0.3) is 0 Å². The zero-order valence-electron chi connectivity index (χ0n) is 6.51. The van der Waals surface area contributed by atoms with Gasteiger partial charge in [-0.15, -0.1) is 0 Å². The van der Waals surface area contributed by atoms with Crippen LogP contribution >= 0.6 is 12.2 Å². The minimum atomic E-state index is -1.30. The van der Waals surface area contributed by atoms with Crippen molar-refractivity contribution in [3.63, 3.8) is 0 Å². The molecule has 0 aliphatic heterocycles. The van der Waals surface area contributed by atoms with E-state index in [4.69, 9.17) is 17.5 Å². The van der Waals surface area contributed by atoms with Gasteiger partial charge in [0, 0.05) is 10.6 Å². The molecule has 0 bridgehead atoms. The summed E-state index contributed by atoms with van der Waals surface area (Å²) < 4.78 is 0.953. The maximum atomic E-state index is 8.20. The molecule has 0 aromatic heterocycles. The standard InChI is InChI=1S/C7H11NSSi/c1-10(2,3)7(9)5-4-6-8/h4-5H,1-3H3/b5-4+. The van der Waals surface area contributed by atoms with Crippen molar-refractivity contribution in [2.75, 3.05) is 0 Å². The fourth-order valence-electron chi connectivity index (χ4n) is 0.363. The molecule has 1 nitrogen and oxygen atoms in total. The molecule has 0 aliphatic carbocycles. The number of nitrogens with zero attached hydrogens (tertiary/aromatic N) is 1. The van der Waals surface area contributed by atoms with Crippen molar-refractivity contribution in [2.45, 2.75) is 19.6 Å². The van der Waals surface area contributed by atoms with Gasteiger partial charge in [0.05, 0.1) is 14.1 Å². The predicted molar refractivity (Wildman–Crippen MR) is 50.7 cm³/mol. The van der Waals surface area contributed by atoms with E-state index in [2.05, 4.69) is 19.6 Å². The van der Waals surface area contributed by atoms with Gasteiger partial charge >= 0.3 is 0 Å². The molecule has 0 saturated heterocycles. The van der Waals surface area contributed by atoms with E-state index in [0.29, 0.717) is 0 Å². The molecular formula is C7H11NSSi. The Hall–Kier alpha value is -0.463. The lowest BCUT2D eigenvalue weighted by Crippen LogP contribution is -2.29. The molecule has 0 fully saturated rings. The van der Waals surface area contributed by atoms with Crippen molar-refractivity contribution < 1.29 is 0 Å². The van der Waals surface area contributed by atoms with Crippen LogP contribution < -0.4 is 0 Å². The molecule has 0 unspecified atom stereocenters. The van der Waals surface area contributed by atoms with Gasteiger partial charge in [0.15, 0.2) is 0 Å². The van der Waals surface area contributed by atoms with Gasteiger partial charge in [-0.3, -0.25) is 0 Å². The van der Waals surface area contributed by atoms with Gasteiger partial charge in [0.1, 0.15) is 0 Å². The maximum absolute atomic E-state index is 8.20. The molecule has 10 heavy (non-hydrogen) atoms. The molecule has 54 valence electrons. The number of rotatable bonds is 2. The van der Waals surface area contributed by atoms with Crippen molar-refractivity contribution in [3.05, 3.63) is 12.2 Å². The van der Waals surface area contributed by atoms with Crippen LogP contribution in [-0.2, 0) is 0 Å². The highest BCUT2D eigenvalue weighted by Gasteiger charge is 2.16. The van der Waals surface area contributed by atoms with Gasteiger partial charge in [-0.1, -0.05) is 31.9 Å². The van der Waals surface area contributed by atoms with Gasteiger partial charge in [-0.25, -0.2) is 0 Å². The van der Waals surface area contributed by atoms with Crippen LogP contribution in [0, 0.1) is 11.3 Å². The van der Waals surface area contributed by atoms with Gasteiger partial charge in [-0.05, 0) is 6.08 Å². The second kappa shape index (κ2) is 3.64. The largest absolute Gasteiger partial charge is 0.193 e. The summed E-state index contributed by atoms with van der Waals surface area (Å²) in [4.78, 5) is 0. The third-order valence-corrected chi connectivity index (χ3v) is 4.67. The highest BCUT2D eigenvalue weighted by atomic mass is 32.1. The molecule has 0 radical (unpaired) electrons.